The Morgan fingerprint density at radius 2 is 1.91 bits per heavy atom. The van der Waals surface area contributed by atoms with E-state index in [1.807, 2.05) is 4.90 Å². The summed E-state index contributed by atoms with van der Waals surface area (Å²) in [7, 11) is 4.17. The summed E-state index contributed by atoms with van der Waals surface area (Å²) in [5, 5.41) is 0. The number of likely N-dealkylation sites (tertiary alicyclic amines) is 1. The van der Waals surface area contributed by atoms with Gasteiger partial charge in [0.05, 0.1) is 12.2 Å². The van der Waals surface area contributed by atoms with Gasteiger partial charge in [-0.15, -0.1) is 0 Å². The van der Waals surface area contributed by atoms with Crippen LogP contribution in [0.15, 0.2) is 24.3 Å². The van der Waals surface area contributed by atoms with E-state index >= 15 is 0 Å². The molecule has 0 aromatic heterocycles. The van der Waals surface area contributed by atoms with Gasteiger partial charge in [-0.3, -0.25) is 4.79 Å². The summed E-state index contributed by atoms with van der Waals surface area (Å²) in [6.07, 6.45) is 2.80. The number of nitrogens with zero attached hydrogens (tertiary/aromatic N) is 2. The van der Waals surface area contributed by atoms with Crippen LogP contribution in [0.4, 0.5) is 4.39 Å². The molecule has 0 unspecified atom stereocenters. The van der Waals surface area contributed by atoms with E-state index < -0.39 is 0 Å². The first kappa shape index (κ1) is 15.4. The van der Waals surface area contributed by atoms with Crippen molar-refractivity contribution in [1.82, 2.24) is 9.80 Å². The number of halogens is 1. The highest BCUT2D eigenvalue weighted by Gasteiger charge is 2.43. The Hall–Kier alpha value is -1.46. The molecule has 2 aliphatic rings. The highest BCUT2D eigenvalue weighted by Crippen LogP contribution is 2.37. The van der Waals surface area contributed by atoms with Crippen LogP contribution in [-0.2, 0) is 4.74 Å². The zero-order chi connectivity index (χ0) is 15.7. The number of carbonyl (C=O) groups is 1. The van der Waals surface area contributed by atoms with Crippen LogP contribution in [-0.4, -0.2) is 61.1 Å². The third kappa shape index (κ3) is 3.01. The summed E-state index contributed by atoms with van der Waals surface area (Å²) < 4.78 is 19.0. The maximum atomic E-state index is 12.9. The Bertz CT molecular complexity index is 536. The van der Waals surface area contributed by atoms with Gasteiger partial charge in [-0.05, 0) is 57.6 Å². The Kier molecular flexibility index (Phi) is 4.19. The van der Waals surface area contributed by atoms with E-state index in [0.29, 0.717) is 24.7 Å². The standard InChI is InChI=1S/C17H23FN2O2/c1-19(2)15-11-17(22-12-15)7-9-20(10-8-17)16(21)13-3-5-14(18)6-4-13/h3-6,15H,7-12H2,1-2H3/t15-/m0/s1. The predicted octanol–water partition coefficient (Wildman–Crippen LogP) is 2.15. The molecule has 1 amide bonds. The Morgan fingerprint density at radius 3 is 2.45 bits per heavy atom. The van der Waals surface area contributed by atoms with Crippen LogP contribution in [0.1, 0.15) is 29.6 Å². The molecular weight excluding hydrogens is 283 g/mol. The second-order valence-electron chi connectivity index (χ2n) is 6.61. The van der Waals surface area contributed by atoms with Crippen molar-refractivity contribution in [2.45, 2.75) is 30.9 Å². The van der Waals surface area contributed by atoms with Gasteiger partial charge in [0.1, 0.15) is 5.82 Å². The lowest BCUT2D eigenvalue weighted by atomic mass is 9.87. The molecular formula is C17H23FN2O2. The minimum absolute atomic E-state index is 0.0167. The van der Waals surface area contributed by atoms with Crippen LogP contribution in [0.25, 0.3) is 0 Å². The first-order valence-corrected chi connectivity index (χ1v) is 7.84. The molecule has 0 saturated carbocycles. The fourth-order valence-electron chi connectivity index (χ4n) is 3.39. The summed E-state index contributed by atoms with van der Waals surface area (Å²) in [5.41, 5.74) is 0.491. The number of hydrogen-bond donors (Lipinski definition) is 0. The minimum atomic E-state index is -0.316. The molecule has 2 aliphatic heterocycles. The number of hydrogen-bond acceptors (Lipinski definition) is 3. The summed E-state index contributed by atoms with van der Waals surface area (Å²) in [6.45, 7) is 2.19. The highest BCUT2D eigenvalue weighted by atomic mass is 19.1. The van der Waals surface area contributed by atoms with Gasteiger partial charge in [-0.1, -0.05) is 0 Å². The molecule has 2 fully saturated rings. The Labute approximate surface area is 130 Å². The van der Waals surface area contributed by atoms with Crippen molar-refractivity contribution in [2.75, 3.05) is 33.8 Å². The fraction of sp³-hybridized carbons (Fsp3) is 0.588. The average molecular weight is 306 g/mol. The van der Waals surface area contributed by atoms with Crippen molar-refractivity contribution in [1.29, 1.82) is 0 Å². The van der Waals surface area contributed by atoms with Crippen molar-refractivity contribution in [3.05, 3.63) is 35.6 Å². The normalized spacial score (nSPS) is 24.2. The molecule has 5 heteroatoms. The second kappa shape index (κ2) is 5.97. The number of carbonyl (C=O) groups excluding carboxylic acids is 1. The molecule has 4 nitrogen and oxygen atoms in total. The first-order chi connectivity index (χ1) is 10.5. The van der Waals surface area contributed by atoms with E-state index in [1.165, 1.54) is 12.1 Å². The van der Waals surface area contributed by atoms with Gasteiger partial charge in [-0.2, -0.15) is 0 Å². The van der Waals surface area contributed by atoms with Gasteiger partial charge in [0.15, 0.2) is 0 Å². The van der Waals surface area contributed by atoms with Crippen LogP contribution in [0.5, 0.6) is 0 Å². The van der Waals surface area contributed by atoms with Crippen LogP contribution >= 0.6 is 0 Å². The van der Waals surface area contributed by atoms with Crippen LogP contribution in [0.3, 0.4) is 0 Å². The van der Waals surface area contributed by atoms with Gasteiger partial charge in [0.25, 0.3) is 5.91 Å². The molecule has 2 heterocycles. The molecule has 2 saturated heterocycles. The lowest BCUT2D eigenvalue weighted by molar-refractivity contribution is -0.0392. The molecule has 0 bridgehead atoms. The number of ether oxygens (including phenoxy) is 1. The lowest BCUT2D eigenvalue weighted by Crippen LogP contribution is -2.46. The van der Waals surface area contributed by atoms with Gasteiger partial charge in [0.2, 0.25) is 0 Å². The van der Waals surface area contributed by atoms with Gasteiger partial charge < -0.3 is 14.5 Å². The zero-order valence-electron chi connectivity index (χ0n) is 13.2. The maximum absolute atomic E-state index is 12.9. The molecule has 0 aliphatic carbocycles. The van der Waals surface area contributed by atoms with Crippen LogP contribution < -0.4 is 0 Å². The van der Waals surface area contributed by atoms with Crippen molar-refractivity contribution >= 4 is 5.91 Å². The molecule has 0 radical (unpaired) electrons. The summed E-state index contributed by atoms with van der Waals surface area (Å²) in [5.74, 6) is -0.333. The SMILES string of the molecule is CN(C)[C@@H]1COC2(CCN(C(=O)c3ccc(F)cc3)CC2)C1. The van der Waals surface area contributed by atoms with E-state index in [9.17, 15) is 9.18 Å². The van der Waals surface area contributed by atoms with Crippen LogP contribution in [0, 0.1) is 5.82 Å². The molecule has 0 N–H and O–H groups in total. The topological polar surface area (TPSA) is 32.8 Å². The van der Waals surface area contributed by atoms with E-state index in [4.69, 9.17) is 4.74 Å². The first-order valence-electron chi connectivity index (χ1n) is 7.84. The number of likely N-dealkylation sites (N-methyl/N-ethyl adjacent to an activating group) is 1. The van der Waals surface area contributed by atoms with E-state index in [-0.39, 0.29) is 17.3 Å². The van der Waals surface area contributed by atoms with E-state index in [2.05, 4.69) is 19.0 Å². The average Bonchev–Trinajstić information content (AvgIpc) is 2.92. The van der Waals surface area contributed by atoms with Crippen molar-refractivity contribution in [3.8, 4) is 0 Å². The van der Waals surface area contributed by atoms with Gasteiger partial charge in [-0.25, -0.2) is 4.39 Å². The molecule has 1 aromatic carbocycles. The minimum Gasteiger partial charge on any atom is -0.373 e. The number of amides is 1. The van der Waals surface area contributed by atoms with Crippen molar-refractivity contribution < 1.29 is 13.9 Å². The summed E-state index contributed by atoms with van der Waals surface area (Å²) >= 11 is 0. The van der Waals surface area contributed by atoms with Gasteiger partial charge in [0, 0.05) is 24.7 Å². The molecule has 1 atom stereocenters. The van der Waals surface area contributed by atoms with Crippen molar-refractivity contribution in [3.63, 3.8) is 0 Å². The third-order valence-corrected chi connectivity index (χ3v) is 4.97. The van der Waals surface area contributed by atoms with E-state index in [1.54, 1.807) is 12.1 Å². The fourth-order valence-corrected chi connectivity index (χ4v) is 3.39. The second-order valence-corrected chi connectivity index (χ2v) is 6.61. The molecule has 1 spiro atoms. The highest BCUT2D eigenvalue weighted by molar-refractivity contribution is 5.94. The predicted molar refractivity (Wildman–Crippen MR) is 82.3 cm³/mol. The van der Waals surface area contributed by atoms with E-state index in [0.717, 1.165) is 25.9 Å². The Balaban J connectivity index is 1.60. The number of rotatable bonds is 2. The molecule has 120 valence electrons. The Morgan fingerprint density at radius 1 is 1.27 bits per heavy atom. The quantitative estimate of drug-likeness (QED) is 0.839. The number of piperidine rings is 1. The monoisotopic (exact) mass is 306 g/mol. The molecule has 22 heavy (non-hydrogen) atoms. The smallest absolute Gasteiger partial charge is 0.253 e. The van der Waals surface area contributed by atoms with Crippen LogP contribution in [0.2, 0.25) is 0 Å². The molecule has 3 rings (SSSR count). The van der Waals surface area contributed by atoms with Gasteiger partial charge >= 0.3 is 0 Å². The zero-order valence-corrected chi connectivity index (χ0v) is 13.2. The largest absolute Gasteiger partial charge is 0.373 e. The lowest BCUT2D eigenvalue weighted by Gasteiger charge is -2.39. The summed E-state index contributed by atoms with van der Waals surface area (Å²) in [6, 6.07) is 6.24. The number of benzene rings is 1. The summed E-state index contributed by atoms with van der Waals surface area (Å²) in [4.78, 5) is 16.5. The van der Waals surface area contributed by atoms with Crippen molar-refractivity contribution in [2.24, 2.45) is 0 Å². The molecule has 1 aromatic rings. The maximum Gasteiger partial charge on any atom is 0.253 e. The third-order valence-electron chi connectivity index (χ3n) is 4.97.